The third-order valence-electron chi connectivity index (χ3n) is 4.52. The first kappa shape index (κ1) is 22.4. The number of rotatable bonds is 6. The van der Waals surface area contributed by atoms with Crippen LogP contribution in [0, 0.1) is 0 Å². The summed E-state index contributed by atoms with van der Waals surface area (Å²) >= 11 is 0. The summed E-state index contributed by atoms with van der Waals surface area (Å²) in [5.74, 6) is 1.10. The van der Waals surface area contributed by atoms with Gasteiger partial charge in [0.05, 0.1) is 32.1 Å². The maximum Gasteiger partial charge on any atom is 0.193 e. The first-order valence-corrected chi connectivity index (χ1v) is 9.26. The van der Waals surface area contributed by atoms with Crippen LogP contribution in [0.1, 0.15) is 18.1 Å². The van der Waals surface area contributed by atoms with Gasteiger partial charge in [0.2, 0.25) is 0 Å². The van der Waals surface area contributed by atoms with Gasteiger partial charge in [0.1, 0.15) is 5.75 Å². The lowest BCUT2D eigenvalue weighted by atomic mass is 10.1. The van der Waals surface area contributed by atoms with Crippen molar-refractivity contribution >= 4 is 35.6 Å². The van der Waals surface area contributed by atoms with Crippen LogP contribution in [-0.2, 0) is 17.8 Å². The summed E-state index contributed by atoms with van der Waals surface area (Å²) in [6, 6.07) is 16.1. The Morgan fingerprint density at radius 3 is 2.82 bits per heavy atom. The second-order valence-electron chi connectivity index (χ2n) is 6.76. The Labute approximate surface area is 184 Å². The first-order chi connectivity index (χ1) is 13.1. The fraction of sp³-hybridized carbons (Fsp3) is 0.381. The largest absolute Gasteiger partial charge is 0.495 e. The Morgan fingerprint density at radius 2 is 2.04 bits per heavy atom. The number of methoxy groups -OCH3 is 1. The second-order valence-corrected chi connectivity index (χ2v) is 6.76. The lowest BCUT2D eigenvalue weighted by Crippen LogP contribution is -2.40. The average molecular weight is 496 g/mol. The van der Waals surface area contributed by atoms with E-state index in [1.54, 1.807) is 7.11 Å². The molecule has 1 saturated heterocycles. The Balaban J connectivity index is 0.00000280. The van der Waals surface area contributed by atoms with Gasteiger partial charge in [-0.05, 0) is 30.2 Å². The van der Waals surface area contributed by atoms with Crippen LogP contribution < -0.4 is 15.8 Å². The van der Waals surface area contributed by atoms with Crippen LogP contribution in [0.15, 0.2) is 53.5 Å². The van der Waals surface area contributed by atoms with E-state index in [1.807, 2.05) is 24.3 Å². The van der Waals surface area contributed by atoms with Gasteiger partial charge in [0.25, 0.3) is 0 Å². The number of morpholine rings is 1. The van der Waals surface area contributed by atoms with Gasteiger partial charge in [0, 0.05) is 19.6 Å². The van der Waals surface area contributed by atoms with Crippen molar-refractivity contribution in [1.29, 1.82) is 0 Å². The van der Waals surface area contributed by atoms with E-state index in [2.05, 4.69) is 46.4 Å². The smallest absolute Gasteiger partial charge is 0.193 e. The molecule has 0 spiro atoms. The van der Waals surface area contributed by atoms with Crippen LogP contribution in [0.25, 0.3) is 0 Å². The second kappa shape index (κ2) is 11.2. The summed E-state index contributed by atoms with van der Waals surface area (Å²) in [4.78, 5) is 6.88. The van der Waals surface area contributed by atoms with Crippen LogP contribution in [0.5, 0.6) is 5.75 Å². The van der Waals surface area contributed by atoms with Gasteiger partial charge >= 0.3 is 0 Å². The van der Waals surface area contributed by atoms with Crippen LogP contribution >= 0.6 is 24.0 Å². The highest BCUT2D eigenvalue weighted by Crippen LogP contribution is 2.22. The highest BCUT2D eigenvalue weighted by molar-refractivity contribution is 14.0. The molecule has 0 radical (unpaired) electrons. The molecule has 0 amide bonds. The zero-order valence-electron chi connectivity index (χ0n) is 16.4. The van der Waals surface area contributed by atoms with Crippen molar-refractivity contribution in [2.24, 2.45) is 10.7 Å². The topological polar surface area (TPSA) is 72.1 Å². The fourth-order valence-corrected chi connectivity index (χ4v) is 3.22. The van der Waals surface area contributed by atoms with Gasteiger partial charge in [0.15, 0.2) is 5.96 Å². The molecule has 3 N–H and O–H groups in total. The minimum Gasteiger partial charge on any atom is -0.495 e. The first-order valence-electron chi connectivity index (χ1n) is 9.26. The normalized spacial score (nSPS) is 17.6. The molecular weight excluding hydrogens is 467 g/mol. The predicted molar refractivity (Wildman–Crippen MR) is 124 cm³/mol. The zero-order valence-corrected chi connectivity index (χ0v) is 18.8. The molecule has 2 aromatic carbocycles. The van der Waals surface area contributed by atoms with Gasteiger partial charge in [-0.2, -0.15) is 0 Å². The minimum absolute atomic E-state index is 0. The van der Waals surface area contributed by atoms with E-state index in [4.69, 9.17) is 15.2 Å². The number of halogens is 1. The van der Waals surface area contributed by atoms with Gasteiger partial charge in [-0.3, -0.25) is 4.90 Å². The molecule has 6 nitrogen and oxygen atoms in total. The van der Waals surface area contributed by atoms with Gasteiger partial charge in [-0.25, -0.2) is 4.99 Å². The molecule has 1 unspecified atom stereocenters. The summed E-state index contributed by atoms with van der Waals surface area (Å²) in [7, 11) is 1.63. The van der Waals surface area contributed by atoms with Crippen molar-refractivity contribution in [3.63, 3.8) is 0 Å². The molecule has 1 fully saturated rings. The fourth-order valence-electron chi connectivity index (χ4n) is 3.22. The van der Waals surface area contributed by atoms with E-state index in [1.165, 1.54) is 5.56 Å². The molecular formula is C21H29IN4O2. The van der Waals surface area contributed by atoms with E-state index in [-0.39, 0.29) is 24.0 Å². The molecule has 0 saturated carbocycles. The molecule has 28 heavy (non-hydrogen) atoms. The lowest BCUT2D eigenvalue weighted by molar-refractivity contribution is -0.0212. The lowest BCUT2D eigenvalue weighted by Gasteiger charge is -2.31. The third-order valence-corrected chi connectivity index (χ3v) is 4.52. The van der Waals surface area contributed by atoms with Crippen LogP contribution in [-0.4, -0.2) is 43.8 Å². The Kier molecular flexibility index (Phi) is 9.01. The Hall–Kier alpha value is -1.84. The molecule has 0 aromatic heterocycles. The molecule has 1 heterocycles. The summed E-state index contributed by atoms with van der Waals surface area (Å²) < 4.78 is 10.9. The molecule has 3 rings (SSSR count). The van der Waals surface area contributed by atoms with Crippen molar-refractivity contribution in [1.82, 2.24) is 4.90 Å². The molecule has 1 atom stereocenters. The number of hydrogen-bond acceptors (Lipinski definition) is 4. The summed E-state index contributed by atoms with van der Waals surface area (Å²) in [5.41, 5.74) is 9.27. The minimum atomic E-state index is 0. The number of guanidine groups is 1. The van der Waals surface area contributed by atoms with Crippen LogP contribution in [0.2, 0.25) is 0 Å². The van der Waals surface area contributed by atoms with Gasteiger partial charge in [-0.1, -0.05) is 36.4 Å². The summed E-state index contributed by atoms with van der Waals surface area (Å²) in [5, 5.41) is 3.10. The number of para-hydroxylation sites is 2. The number of anilines is 1. The standard InChI is InChI=1S/C21H28N4O2.HI/c1-16-14-25(10-11-27-16)15-18-7-5-6-17(12-18)13-23-21(22)24-19-8-3-4-9-20(19)26-2;/h3-9,12,16H,10-11,13-15H2,1-2H3,(H3,22,23,24);1H. The van der Waals surface area contributed by atoms with Crippen molar-refractivity contribution in [2.75, 3.05) is 32.1 Å². The average Bonchev–Trinajstić information content (AvgIpc) is 2.67. The van der Waals surface area contributed by atoms with Crippen molar-refractivity contribution < 1.29 is 9.47 Å². The number of hydrogen-bond donors (Lipinski definition) is 2. The number of ether oxygens (including phenoxy) is 2. The number of nitrogens with two attached hydrogens (primary N) is 1. The Morgan fingerprint density at radius 1 is 1.25 bits per heavy atom. The molecule has 0 aliphatic carbocycles. The molecule has 2 aromatic rings. The Bertz CT molecular complexity index is 785. The monoisotopic (exact) mass is 496 g/mol. The van der Waals surface area contributed by atoms with E-state index < -0.39 is 0 Å². The number of nitrogens with one attached hydrogen (secondary N) is 1. The van der Waals surface area contributed by atoms with E-state index >= 15 is 0 Å². The molecule has 1 aliphatic rings. The molecule has 152 valence electrons. The van der Waals surface area contributed by atoms with E-state index in [0.29, 0.717) is 18.6 Å². The predicted octanol–water partition coefficient (Wildman–Crippen LogP) is 3.46. The summed E-state index contributed by atoms with van der Waals surface area (Å²) in [6.45, 7) is 6.33. The van der Waals surface area contributed by atoms with Gasteiger partial charge < -0.3 is 20.5 Å². The van der Waals surface area contributed by atoms with Crippen LogP contribution in [0.4, 0.5) is 5.69 Å². The highest BCUT2D eigenvalue weighted by Gasteiger charge is 2.16. The van der Waals surface area contributed by atoms with Crippen molar-refractivity contribution in [3.8, 4) is 5.75 Å². The molecule has 7 heteroatoms. The van der Waals surface area contributed by atoms with Crippen molar-refractivity contribution in [2.45, 2.75) is 26.1 Å². The number of nitrogens with zero attached hydrogens (tertiary/aromatic N) is 2. The van der Waals surface area contributed by atoms with E-state index in [9.17, 15) is 0 Å². The summed E-state index contributed by atoms with van der Waals surface area (Å²) in [6.07, 6.45) is 0.299. The van der Waals surface area contributed by atoms with Gasteiger partial charge in [-0.15, -0.1) is 24.0 Å². The van der Waals surface area contributed by atoms with Crippen LogP contribution in [0.3, 0.4) is 0 Å². The number of aliphatic imine (C=N–C) groups is 1. The molecule has 1 aliphatic heterocycles. The third kappa shape index (κ3) is 6.65. The number of benzene rings is 2. The quantitative estimate of drug-likeness (QED) is 0.364. The SMILES string of the molecule is COc1ccccc1NC(N)=NCc1cccc(CN2CCOC(C)C2)c1.I. The highest BCUT2D eigenvalue weighted by atomic mass is 127. The zero-order chi connectivity index (χ0) is 19.1. The van der Waals surface area contributed by atoms with E-state index in [0.717, 1.165) is 43.2 Å². The van der Waals surface area contributed by atoms with Crippen molar-refractivity contribution in [3.05, 3.63) is 59.7 Å². The maximum atomic E-state index is 6.04. The molecule has 0 bridgehead atoms. The maximum absolute atomic E-state index is 6.04.